The fourth-order valence-corrected chi connectivity index (χ4v) is 3.45. The maximum Gasteiger partial charge on any atom is 0.255 e. The molecule has 4 rings (SSSR count). The smallest absolute Gasteiger partial charge is 0.255 e. The molecule has 0 fully saturated rings. The molecule has 1 heterocycles. The van der Waals surface area contributed by atoms with Crippen LogP contribution in [0.3, 0.4) is 0 Å². The number of nitrogens with one attached hydrogen (secondary N) is 1. The average molecular weight is 439 g/mol. The number of carbonyl (C=O) groups is 1. The van der Waals surface area contributed by atoms with Gasteiger partial charge in [-0.1, -0.05) is 55.2 Å². The number of nitrogens with zero attached hydrogens (tertiary/aromatic N) is 1. The summed E-state index contributed by atoms with van der Waals surface area (Å²) in [7, 11) is 0. The number of halogens is 2. The number of benzene rings is 3. The van der Waals surface area contributed by atoms with Crippen molar-refractivity contribution in [1.82, 2.24) is 4.98 Å². The van der Waals surface area contributed by atoms with Gasteiger partial charge in [0.25, 0.3) is 5.91 Å². The summed E-state index contributed by atoms with van der Waals surface area (Å²) in [6.07, 6.45) is 0.576. The van der Waals surface area contributed by atoms with E-state index in [2.05, 4.69) is 36.3 Å². The van der Waals surface area contributed by atoms with Crippen LogP contribution in [0.15, 0.2) is 65.1 Å². The number of hydrogen-bond donors (Lipinski definition) is 1. The Hall–Kier alpha value is -2.82. The minimum absolute atomic E-state index is 0.249. The molecule has 1 aromatic heterocycles. The van der Waals surface area contributed by atoms with Crippen molar-refractivity contribution < 1.29 is 9.21 Å². The highest BCUT2D eigenvalue weighted by Gasteiger charge is 2.11. The Morgan fingerprint density at radius 3 is 2.47 bits per heavy atom. The second-order valence-electron chi connectivity index (χ2n) is 7.45. The van der Waals surface area contributed by atoms with Crippen molar-refractivity contribution in [3.63, 3.8) is 0 Å². The molecule has 0 saturated carbocycles. The Morgan fingerprint density at radius 2 is 1.77 bits per heavy atom. The number of aromatic nitrogens is 1. The molecule has 4 aromatic rings. The molecule has 0 saturated heterocycles. The maximum absolute atomic E-state index is 12.4. The van der Waals surface area contributed by atoms with Crippen LogP contribution in [0.2, 0.25) is 10.0 Å². The summed E-state index contributed by atoms with van der Waals surface area (Å²) in [5, 5.41) is 3.61. The van der Waals surface area contributed by atoms with E-state index in [4.69, 9.17) is 27.6 Å². The van der Waals surface area contributed by atoms with Crippen molar-refractivity contribution in [2.24, 2.45) is 0 Å². The van der Waals surface area contributed by atoms with Gasteiger partial charge in [0.15, 0.2) is 11.5 Å². The molecule has 0 spiro atoms. The van der Waals surface area contributed by atoms with Crippen LogP contribution in [0.4, 0.5) is 5.69 Å². The van der Waals surface area contributed by atoms with E-state index < -0.39 is 0 Å². The number of carbonyl (C=O) groups excluding carboxylic acids is 1. The van der Waals surface area contributed by atoms with Crippen molar-refractivity contribution in [3.8, 4) is 0 Å². The zero-order valence-corrected chi connectivity index (χ0v) is 18.1. The van der Waals surface area contributed by atoms with E-state index in [1.807, 2.05) is 30.3 Å². The van der Waals surface area contributed by atoms with Gasteiger partial charge in [-0.2, -0.15) is 0 Å². The lowest BCUT2D eigenvalue weighted by Gasteiger charge is -2.07. The second-order valence-corrected chi connectivity index (χ2v) is 8.26. The lowest BCUT2D eigenvalue weighted by Crippen LogP contribution is -2.11. The van der Waals surface area contributed by atoms with E-state index in [0.29, 0.717) is 39.5 Å². The minimum Gasteiger partial charge on any atom is -0.440 e. The van der Waals surface area contributed by atoms with Crippen LogP contribution in [0.25, 0.3) is 11.1 Å². The molecule has 152 valence electrons. The largest absolute Gasteiger partial charge is 0.440 e. The fourth-order valence-electron chi connectivity index (χ4n) is 3.15. The second kappa shape index (κ2) is 8.50. The summed E-state index contributed by atoms with van der Waals surface area (Å²) < 4.78 is 5.88. The van der Waals surface area contributed by atoms with Crippen LogP contribution in [0.5, 0.6) is 0 Å². The standard InChI is InChI=1S/C24H20Cl2N2O2/c1-14(2)16-6-10-22-21(13-16)28-23(30-22)11-15-3-7-18(8-4-15)27-24(29)17-5-9-19(25)20(26)12-17/h3-10,12-14H,11H2,1-2H3,(H,27,29). The first-order valence-corrected chi connectivity index (χ1v) is 10.4. The average Bonchev–Trinajstić information content (AvgIpc) is 3.12. The third-order valence-electron chi connectivity index (χ3n) is 4.87. The van der Waals surface area contributed by atoms with Gasteiger partial charge < -0.3 is 9.73 Å². The molecular weight excluding hydrogens is 419 g/mol. The number of hydrogen-bond acceptors (Lipinski definition) is 3. The first-order valence-electron chi connectivity index (χ1n) is 9.64. The van der Waals surface area contributed by atoms with Gasteiger partial charge in [0.2, 0.25) is 0 Å². The minimum atomic E-state index is -0.249. The zero-order chi connectivity index (χ0) is 21.3. The monoisotopic (exact) mass is 438 g/mol. The Kier molecular flexibility index (Phi) is 5.80. The fraction of sp³-hybridized carbons (Fsp3) is 0.167. The van der Waals surface area contributed by atoms with Crippen LogP contribution in [-0.4, -0.2) is 10.9 Å². The SMILES string of the molecule is CC(C)c1ccc2oc(Cc3ccc(NC(=O)c4ccc(Cl)c(Cl)c4)cc3)nc2c1. The number of oxazole rings is 1. The number of rotatable bonds is 5. The van der Waals surface area contributed by atoms with E-state index in [-0.39, 0.29) is 5.91 Å². The van der Waals surface area contributed by atoms with E-state index in [1.54, 1.807) is 18.2 Å². The Labute approximate surface area is 184 Å². The highest BCUT2D eigenvalue weighted by Crippen LogP contribution is 2.25. The molecular formula is C24H20Cl2N2O2. The van der Waals surface area contributed by atoms with E-state index >= 15 is 0 Å². The van der Waals surface area contributed by atoms with Crippen LogP contribution in [0, 0.1) is 0 Å². The molecule has 0 radical (unpaired) electrons. The van der Waals surface area contributed by atoms with Crippen molar-refractivity contribution in [3.05, 3.63) is 93.3 Å². The normalized spacial score (nSPS) is 11.2. The van der Waals surface area contributed by atoms with E-state index in [1.165, 1.54) is 5.56 Å². The molecule has 6 heteroatoms. The molecule has 3 aromatic carbocycles. The topological polar surface area (TPSA) is 55.1 Å². The van der Waals surface area contributed by atoms with Crippen molar-refractivity contribution in [1.29, 1.82) is 0 Å². The molecule has 1 amide bonds. The molecule has 0 atom stereocenters. The van der Waals surface area contributed by atoms with Gasteiger partial charge in [-0.05, 0) is 59.5 Å². The van der Waals surface area contributed by atoms with Crippen LogP contribution in [0.1, 0.15) is 47.1 Å². The molecule has 30 heavy (non-hydrogen) atoms. The van der Waals surface area contributed by atoms with Gasteiger partial charge in [-0.25, -0.2) is 4.98 Å². The van der Waals surface area contributed by atoms with Crippen molar-refractivity contribution in [2.75, 3.05) is 5.32 Å². The predicted molar refractivity (Wildman–Crippen MR) is 122 cm³/mol. The summed E-state index contributed by atoms with van der Waals surface area (Å²) in [6.45, 7) is 4.31. The van der Waals surface area contributed by atoms with Crippen LogP contribution in [-0.2, 0) is 6.42 Å². The quantitative estimate of drug-likeness (QED) is 0.361. The third-order valence-corrected chi connectivity index (χ3v) is 5.61. The molecule has 4 nitrogen and oxygen atoms in total. The molecule has 0 bridgehead atoms. The van der Waals surface area contributed by atoms with Crippen molar-refractivity contribution in [2.45, 2.75) is 26.2 Å². The van der Waals surface area contributed by atoms with Gasteiger partial charge in [0, 0.05) is 17.7 Å². The maximum atomic E-state index is 12.4. The first kappa shape index (κ1) is 20.5. The number of amides is 1. The molecule has 0 aliphatic rings. The van der Waals surface area contributed by atoms with Gasteiger partial charge >= 0.3 is 0 Å². The molecule has 0 aliphatic heterocycles. The zero-order valence-electron chi connectivity index (χ0n) is 16.6. The van der Waals surface area contributed by atoms with Gasteiger partial charge in [0.05, 0.1) is 10.0 Å². The highest BCUT2D eigenvalue weighted by molar-refractivity contribution is 6.42. The number of fused-ring (bicyclic) bond motifs is 1. The Bertz CT molecular complexity index is 1210. The van der Waals surface area contributed by atoms with E-state index in [0.717, 1.165) is 16.7 Å². The Balaban J connectivity index is 1.45. The van der Waals surface area contributed by atoms with Crippen LogP contribution < -0.4 is 5.32 Å². The summed E-state index contributed by atoms with van der Waals surface area (Å²) in [5.74, 6) is 0.862. The van der Waals surface area contributed by atoms with E-state index in [9.17, 15) is 4.79 Å². The summed E-state index contributed by atoms with van der Waals surface area (Å²) in [5.41, 5.74) is 5.08. The summed E-state index contributed by atoms with van der Waals surface area (Å²) in [4.78, 5) is 17.0. The lowest BCUT2D eigenvalue weighted by molar-refractivity contribution is 0.102. The van der Waals surface area contributed by atoms with Crippen molar-refractivity contribution >= 4 is 45.9 Å². The molecule has 0 unspecified atom stereocenters. The van der Waals surface area contributed by atoms with Gasteiger partial charge in [0.1, 0.15) is 5.52 Å². The van der Waals surface area contributed by atoms with Gasteiger partial charge in [-0.15, -0.1) is 0 Å². The first-order chi connectivity index (χ1) is 14.4. The predicted octanol–water partition coefficient (Wildman–Crippen LogP) is 7.10. The third kappa shape index (κ3) is 4.50. The summed E-state index contributed by atoms with van der Waals surface area (Å²) in [6, 6.07) is 18.5. The van der Waals surface area contributed by atoms with Gasteiger partial charge in [-0.3, -0.25) is 4.79 Å². The molecule has 1 N–H and O–H groups in total. The highest BCUT2D eigenvalue weighted by atomic mass is 35.5. The summed E-state index contributed by atoms with van der Waals surface area (Å²) >= 11 is 11.9. The Morgan fingerprint density at radius 1 is 1.00 bits per heavy atom. The molecule has 0 aliphatic carbocycles. The van der Waals surface area contributed by atoms with Crippen LogP contribution >= 0.6 is 23.2 Å². The lowest BCUT2D eigenvalue weighted by atomic mass is 10.0. The number of anilines is 1.